The van der Waals surface area contributed by atoms with E-state index in [-0.39, 0.29) is 5.69 Å². The van der Waals surface area contributed by atoms with Crippen molar-refractivity contribution in [2.75, 3.05) is 5.43 Å². The first kappa shape index (κ1) is 19.9. The van der Waals surface area contributed by atoms with Crippen LogP contribution in [0.1, 0.15) is 12.5 Å². The summed E-state index contributed by atoms with van der Waals surface area (Å²) in [5, 5.41) is 15.3. The first-order chi connectivity index (χ1) is 15.1. The van der Waals surface area contributed by atoms with Gasteiger partial charge >= 0.3 is 0 Å². The highest BCUT2D eigenvalue weighted by Crippen LogP contribution is 2.24. The Morgan fingerprint density at radius 2 is 1.48 bits per heavy atom. The molecule has 1 aromatic heterocycles. The lowest BCUT2D eigenvalue weighted by Gasteiger charge is -2.09. The minimum Gasteiger partial charge on any atom is -0.261 e. The quantitative estimate of drug-likeness (QED) is 0.256. The first-order valence-electron chi connectivity index (χ1n) is 9.65. The predicted molar refractivity (Wildman–Crippen MR) is 122 cm³/mol. The largest absolute Gasteiger partial charge is 0.269 e. The van der Waals surface area contributed by atoms with E-state index in [0.29, 0.717) is 17.4 Å². The Morgan fingerprint density at radius 3 is 2.10 bits per heavy atom. The molecule has 0 bridgehead atoms. The van der Waals surface area contributed by atoms with E-state index in [2.05, 4.69) is 15.5 Å². The van der Waals surface area contributed by atoms with E-state index in [9.17, 15) is 10.1 Å². The fourth-order valence-electron chi connectivity index (χ4n) is 3.01. The minimum atomic E-state index is -0.425. The number of nitro benzene ring substituents is 1. The van der Waals surface area contributed by atoms with Gasteiger partial charge in [0.1, 0.15) is 0 Å². The molecular formula is C24H19N5O2. The molecule has 0 aliphatic carbocycles. The van der Waals surface area contributed by atoms with Crippen LogP contribution in [-0.2, 0) is 0 Å². The summed E-state index contributed by atoms with van der Waals surface area (Å²) in [6.45, 7) is 1.82. The first-order valence-corrected chi connectivity index (χ1v) is 9.65. The van der Waals surface area contributed by atoms with Crippen molar-refractivity contribution in [3.05, 3.63) is 107 Å². The second-order valence-electron chi connectivity index (χ2n) is 6.81. The molecule has 0 aliphatic rings. The summed E-state index contributed by atoms with van der Waals surface area (Å²) in [5.74, 6) is 1.14. The van der Waals surface area contributed by atoms with Crippen LogP contribution in [-0.4, -0.2) is 20.6 Å². The molecule has 0 atom stereocenters. The number of hydrogen-bond donors (Lipinski definition) is 1. The summed E-state index contributed by atoms with van der Waals surface area (Å²) in [5.41, 5.74) is 7.15. The molecule has 0 amide bonds. The van der Waals surface area contributed by atoms with Gasteiger partial charge in [0.25, 0.3) is 5.69 Å². The number of aromatic nitrogens is 2. The summed E-state index contributed by atoms with van der Waals surface area (Å²) in [7, 11) is 0. The molecule has 0 fully saturated rings. The van der Waals surface area contributed by atoms with Crippen molar-refractivity contribution in [3.8, 4) is 22.6 Å². The Morgan fingerprint density at radius 1 is 0.871 bits per heavy atom. The van der Waals surface area contributed by atoms with E-state index in [0.717, 1.165) is 22.4 Å². The average Bonchev–Trinajstić information content (AvgIpc) is 2.83. The maximum Gasteiger partial charge on any atom is 0.269 e. The molecule has 4 rings (SSSR count). The number of benzene rings is 3. The zero-order valence-electron chi connectivity index (χ0n) is 16.8. The van der Waals surface area contributed by atoms with Crippen molar-refractivity contribution < 1.29 is 4.92 Å². The van der Waals surface area contributed by atoms with Gasteiger partial charge < -0.3 is 0 Å². The van der Waals surface area contributed by atoms with Crippen molar-refractivity contribution >= 4 is 17.2 Å². The number of nitrogens with zero attached hydrogens (tertiary/aromatic N) is 4. The predicted octanol–water partition coefficient (Wildman–Crippen LogP) is 5.55. The third-order valence-electron chi connectivity index (χ3n) is 4.66. The molecule has 0 spiro atoms. The van der Waals surface area contributed by atoms with E-state index < -0.39 is 4.92 Å². The van der Waals surface area contributed by atoms with Crippen molar-refractivity contribution in [1.82, 2.24) is 9.97 Å². The molecule has 0 saturated carbocycles. The van der Waals surface area contributed by atoms with Crippen LogP contribution in [0.15, 0.2) is 96.1 Å². The Kier molecular flexibility index (Phi) is 5.75. The Balaban J connectivity index is 1.67. The number of nitro groups is 1. The summed E-state index contributed by atoms with van der Waals surface area (Å²) < 4.78 is 0. The third kappa shape index (κ3) is 4.79. The highest BCUT2D eigenvalue weighted by atomic mass is 16.6. The number of nitrogens with one attached hydrogen (secondary N) is 1. The molecule has 0 aliphatic heterocycles. The highest BCUT2D eigenvalue weighted by molar-refractivity contribution is 5.99. The number of hydrazone groups is 1. The monoisotopic (exact) mass is 409 g/mol. The highest BCUT2D eigenvalue weighted by Gasteiger charge is 2.09. The molecule has 7 heteroatoms. The number of anilines is 1. The van der Waals surface area contributed by atoms with E-state index in [4.69, 9.17) is 4.98 Å². The van der Waals surface area contributed by atoms with Crippen LogP contribution in [0, 0.1) is 10.1 Å². The summed E-state index contributed by atoms with van der Waals surface area (Å²) in [4.78, 5) is 19.7. The summed E-state index contributed by atoms with van der Waals surface area (Å²) in [6.07, 6.45) is 0. The lowest BCUT2D eigenvalue weighted by atomic mass is 10.1. The van der Waals surface area contributed by atoms with Gasteiger partial charge in [-0.15, -0.1) is 0 Å². The topological polar surface area (TPSA) is 93.3 Å². The van der Waals surface area contributed by atoms with Gasteiger partial charge in [0, 0.05) is 29.3 Å². The molecule has 4 aromatic rings. The van der Waals surface area contributed by atoms with Crippen LogP contribution in [0.2, 0.25) is 0 Å². The van der Waals surface area contributed by atoms with E-state index in [1.54, 1.807) is 12.1 Å². The van der Waals surface area contributed by atoms with Gasteiger partial charge in [-0.05, 0) is 24.6 Å². The van der Waals surface area contributed by atoms with Crippen molar-refractivity contribution in [2.24, 2.45) is 5.10 Å². The zero-order valence-corrected chi connectivity index (χ0v) is 16.8. The second kappa shape index (κ2) is 8.96. The van der Waals surface area contributed by atoms with Crippen molar-refractivity contribution in [1.29, 1.82) is 0 Å². The van der Waals surface area contributed by atoms with Crippen LogP contribution in [0.25, 0.3) is 22.6 Å². The van der Waals surface area contributed by atoms with Gasteiger partial charge in [0.05, 0.1) is 16.3 Å². The van der Waals surface area contributed by atoms with Crippen LogP contribution in [0.3, 0.4) is 0 Å². The number of hydrogen-bond acceptors (Lipinski definition) is 6. The maximum atomic E-state index is 10.8. The van der Waals surface area contributed by atoms with E-state index in [1.165, 1.54) is 12.1 Å². The molecule has 152 valence electrons. The molecule has 31 heavy (non-hydrogen) atoms. The van der Waals surface area contributed by atoms with Crippen molar-refractivity contribution in [2.45, 2.75) is 6.92 Å². The Hall–Kier alpha value is -4.39. The van der Waals surface area contributed by atoms with Gasteiger partial charge in [-0.25, -0.2) is 9.97 Å². The molecule has 0 radical (unpaired) electrons. The Labute approximate surface area is 179 Å². The normalized spacial score (nSPS) is 11.2. The van der Waals surface area contributed by atoms with Crippen LogP contribution in [0.5, 0.6) is 0 Å². The van der Waals surface area contributed by atoms with E-state index in [1.807, 2.05) is 73.7 Å². The second-order valence-corrected chi connectivity index (χ2v) is 6.81. The number of non-ortho nitro benzene ring substituents is 1. The van der Waals surface area contributed by atoms with Gasteiger partial charge in [-0.2, -0.15) is 5.10 Å². The van der Waals surface area contributed by atoms with Gasteiger partial charge in [0.15, 0.2) is 11.6 Å². The van der Waals surface area contributed by atoms with Gasteiger partial charge in [-0.3, -0.25) is 15.5 Å². The van der Waals surface area contributed by atoms with Crippen LogP contribution >= 0.6 is 0 Å². The molecule has 0 saturated heterocycles. The Bertz CT molecular complexity index is 1170. The number of rotatable bonds is 6. The fourth-order valence-corrected chi connectivity index (χ4v) is 3.01. The zero-order chi connectivity index (χ0) is 21.6. The minimum absolute atomic E-state index is 0.0420. The van der Waals surface area contributed by atoms with Crippen LogP contribution in [0.4, 0.5) is 11.5 Å². The molecular weight excluding hydrogens is 390 g/mol. The van der Waals surface area contributed by atoms with Gasteiger partial charge in [0.2, 0.25) is 0 Å². The SMILES string of the molecule is CC(=NNc1cc(-c2ccccc2)nc(-c2ccccc2)n1)c1ccc([N+](=O)[O-])cc1. The lowest BCUT2D eigenvalue weighted by molar-refractivity contribution is -0.384. The summed E-state index contributed by atoms with van der Waals surface area (Å²) >= 11 is 0. The maximum absolute atomic E-state index is 10.8. The lowest BCUT2D eigenvalue weighted by Crippen LogP contribution is -2.03. The third-order valence-corrected chi connectivity index (χ3v) is 4.66. The van der Waals surface area contributed by atoms with Crippen molar-refractivity contribution in [3.63, 3.8) is 0 Å². The van der Waals surface area contributed by atoms with E-state index >= 15 is 0 Å². The molecule has 7 nitrogen and oxygen atoms in total. The molecule has 1 N–H and O–H groups in total. The molecule has 3 aromatic carbocycles. The summed E-state index contributed by atoms with van der Waals surface area (Å²) in [6, 6.07) is 27.7. The standard InChI is InChI=1S/C24H19N5O2/c1-17(18-12-14-21(15-13-18)29(30)31)27-28-23-16-22(19-8-4-2-5-9-19)25-24(26-23)20-10-6-3-7-11-20/h2-16H,1H3,(H,25,26,28). The van der Waals surface area contributed by atoms with Crippen LogP contribution < -0.4 is 5.43 Å². The molecule has 0 unspecified atom stereocenters. The smallest absolute Gasteiger partial charge is 0.261 e. The fraction of sp³-hybridized carbons (Fsp3) is 0.0417. The average molecular weight is 409 g/mol. The molecule has 1 heterocycles. The van der Waals surface area contributed by atoms with Gasteiger partial charge in [-0.1, -0.05) is 60.7 Å².